The molecule has 6 heteroatoms. The van der Waals surface area contributed by atoms with Crippen LogP contribution in [-0.4, -0.2) is 9.78 Å². The molecular weight excluding hydrogens is 267 g/mol. The topological polar surface area (TPSA) is 55.9 Å². The minimum Gasteiger partial charge on any atom is -0.273 e. The molecule has 0 spiro atoms. The van der Waals surface area contributed by atoms with Crippen molar-refractivity contribution in [1.29, 1.82) is 0 Å². The second-order valence-corrected chi connectivity index (χ2v) is 4.86. The molecular formula is C13H16ClFN4. The summed E-state index contributed by atoms with van der Waals surface area (Å²) in [7, 11) is 1.85. The zero-order valence-corrected chi connectivity index (χ0v) is 11.6. The Hall–Kier alpha value is -1.43. The molecule has 0 saturated heterocycles. The number of hydrogen-bond acceptors (Lipinski definition) is 3. The summed E-state index contributed by atoms with van der Waals surface area (Å²) in [4.78, 5) is 0. The van der Waals surface area contributed by atoms with E-state index < -0.39 is 0 Å². The number of nitrogens with two attached hydrogens (primary N) is 1. The van der Waals surface area contributed by atoms with Crippen LogP contribution in [0.5, 0.6) is 0 Å². The molecule has 1 aromatic carbocycles. The Morgan fingerprint density at radius 3 is 2.79 bits per heavy atom. The molecule has 0 fully saturated rings. The Morgan fingerprint density at radius 2 is 2.26 bits per heavy atom. The van der Waals surface area contributed by atoms with Crippen molar-refractivity contribution < 1.29 is 4.39 Å². The van der Waals surface area contributed by atoms with E-state index in [-0.39, 0.29) is 11.9 Å². The minimum atomic E-state index is -0.333. The van der Waals surface area contributed by atoms with Crippen LogP contribution in [0.15, 0.2) is 24.3 Å². The van der Waals surface area contributed by atoms with E-state index >= 15 is 0 Å². The average Bonchev–Trinajstić information content (AvgIpc) is 2.69. The van der Waals surface area contributed by atoms with Crippen molar-refractivity contribution in [3.8, 4) is 0 Å². The van der Waals surface area contributed by atoms with Crippen molar-refractivity contribution in [1.82, 2.24) is 15.2 Å². The van der Waals surface area contributed by atoms with E-state index in [1.165, 1.54) is 6.07 Å². The Balaban J connectivity index is 2.29. The van der Waals surface area contributed by atoms with E-state index in [0.717, 1.165) is 11.4 Å². The predicted octanol–water partition coefficient (Wildman–Crippen LogP) is 2.27. The van der Waals surface area contributed by atoms with E-state index in [1.54, 1.807) is 16.8 Å². The molecule has 1 unspecified atom stereocenters. The highest BCUT2D eigenvalue weighted by Gasteiger charge is 2.18. The molecule has 0 amide bonds. The van der Waals surface area contributed by atoms with E-state index in [9.17, 15) is 4.39 Å². The van der Waals surface area contributed by atoms with Gasteiger partial charge in [0.2, 0.25) is 0 Å². The average molecular weight is 283 g/mol. The van der Waals surface area contributed by atoms with Crippen LogP contribution in [0, 0.1) is 12.7 Å². The Labute approximate surface area is 116 Å². The first-order valence-corrected chi connectivity index (χ1v) is 6.30. The lowest BCUT2D eigenvalue weighted by atomic mass is 10.0. The van der Waals surface area contributed by atoms with E-state index in [0.29, 0.717) is 17.0 Å². The summed E-state index contributed by atoms with van der Waals surface area (Å²) in [6, 6.07) is 6.26. The highest BCUT2D eigenvalue weighted by atomic mass is 35.5. The molecule has 0 aliphatic heterocycles. The van der Waals surface area contributed by atoms with Gasteiger partial charge in [-0.1, -0.05) is 17.7 Å². The lowest BCUT2D eigenvalue weighted by molar-refractivity contribution is 0.512. The van der Waals surface area contributed by atoms with Crippen molar-refractivity contribution in [3.05, 3.63) is 52.1 Å². The molecule has 0 radical (unpaired) electrons. The molecule has 0 aliphatic rings. The van der Waals surface area contributed by atoms with Crippen molar-refractivity contribution in [3.63, 3.8) is 0 Å². The van der Waals surface area contributed by atoms with Crippen LogP contribution in [0.4, 0.5) is 4.39 Å². The summed E-state index contributed by atoms with van der Waals surface area (Å²) in [5.41, 5.74) is 4.88. The molecule has 1 atom stereocenters. The number of benzene rings is 1. The van der Waals surface area contributed by atoms with Crippen molar-refractivity contribution in [2.24, 2.45) is 12.9 Å². The molecule has 19 heavy (non-hydrogen) atoms. The monoisotopic (exact) mass is 282 g/mol. The Morgan fingerprint density at radius 1 is 1.53 bits per heavy atom. The first-order valence-electron chi connectivity index (χ1n) is 5.92. The lowest BCUT2D eigenvalue weighted by Crippen LogP contribution is -2.30. The predicted molar refractivity (Wildman–Crippen MR) is 73.1 cm³/mol. The fourth-order valence-electron chi connectivity index (χ4n) is 1.94. The van der Waals surface area contributed by atoms with Crippen LogP contribution in [0.1, 0.15) is 23.0 Å². The van der Waals surface area contributed by atoms with Gasteiger partial charge in [-0.3, -0.25) is 16.0 Å². The summed E-state index contributed by atoms with van der Waals surface area (Å²) in [5, 5.41) is 4.74. The summed E-state index contributed by atoms with van der Waals surface area (Å²) >= 11 is 6.02. The maximum Gasteiger partial charge on any atom is 0.127 e. The number of aromatic nitrogens is 2. The van der Waals surface area contributed by atoms with Gasteiger partial charge in [-0.2, -0.15) is 5.10 Å². The zero-order chi connectivity index (χ0) is 14.0. The van der Waals surface area contributed by atoms with Crippen LogP contribution in [-0.2, 0) is 13.5 Å². The Bertz CT molecular complexity index is 542. The smallest absolute Gasteiger partial charge is 0.127 e. The molecule has 1 aromatic heterocycles. The van der Waals surface area contributed by atoms with Gasteiger partial charge in [0, 0.05) is 23.3 Å². The van der Waals surface area contributed by atoms with Crippen LogP contribution in [0.2, 0.25) is 5.02 Å². The first kappa shape index (κ1) is 14.0. The van der Waals surface area contributed by atoms with Crippen molar-refractivity contribution in [2.45, 2.75) is 19.4 Å². The molecule has 2 rings (SSSR count). The molecule has 4 nitrogen and oxygen atoms in total. The normalized spacial score (nSPS) is 12.7. The summed E-state index contributed by atoms with van der Waals surface area (Å²) in [6.45, 7) is 1.94. The van der Waals surface area contributed by atoms with Gasteiger partial charge < -0.3 is 0 Å². The first-order chi connectivity index (χ1) is 9.02. The zero-order valence-electron chi connectivity index (χ0n) is 10.8. The molecule has 3 N–H and O–H groups in total. The number of nitrogens with zero attached hydrogens (tertiary/aromatic N) is 2. The van der Waals surface area contributed by atoms with E-state index in [1.807, 2.05) is 20.0 Å². The fraction of sp³-hybridized carbons (Fsp3) is 0.308. The van der Waals surface area contributed by atoms with Gasteiger partial charge in [0.25, 0.3) is 0 Å². The maximum atomic E-state index is 13.8. The summed E-state index contributed by atoms with van der Waals surface area (Å²) < 4.78 is 15.5. The van der Waals surface area contributed by atoms with Gasteiger partial charge in [0.15, 0.2) is 0 Å². The number of hydrogen-bond donors (Lipinski definition) is 2. The van der Waals surface area contributed by atoms with E-state index in [4.69, 9.17) is 17.4 Å². The second-order valence-electron chi connectivity index (χ2n) is 4.46. The van der Waals surface area contributed by atoms with Gasteiger partial charge in [-0.05, 0) is 31.5 Å². The molecule has 2 aromatic rings. The van der Waals surface area contributed by atoms with Crippen LogP contribution < -0.4 is 11.3 Å². The van der Waals surface area contributed by atoms with E-state index in [2.05, 4.69) is 10.5 Å². The molecule has 0 bridgehead atoms. The standard InChI is InChI=1S/C13H16ClFN4/c1-8-6-13(18-19(8)2)12(17-16)7-9-10(14)4-3-5-11(9)15/h3-6,12,17H,7,16H2,1-2H3. The third-order valence-electron chi connectivity index (χ3n) is 3.16. The molecule has 102 valence electrons. The lowest BCUT2D eigenvalue weighted by Gasteiger charge is -2.15. The molecule has 0 aliphatic carbocycles. The van der Waals surface area contributed by atoms with Gasteiger partial charge in [-0.15, -0.1) is 0 Å². The number of hydrazine groups is 1. The highest BCUT2D eigenvalue weighted by Crippen LogP contribution is 2.25. The Kier molecular flexibility index (Phi) is 4.19. The third-order valence-corrected chi connectivity index (χ3v) is 3.51. The second kappa shape index (κ2) is 5.69. The minimum absolute atomic E-state index is 0.283. The van der Waals surface area contributed by atoms with Gasteiger partial charge in [0.1, 0.15) is 5.82 Å². The molecule has 0 saturated carbocycles. The van der Waals surface area contributed by atoms with Gasteiger partial charge in [0.05, 0.1) is 11.7 Å². The van der Waals surface area contributed by atoms with Crippen LogP contribution >= 0.6 is 11.6 Å². The van der Waals surface area contributed by atoms with Gasteiger partial charge >= 0.3 is 0 Å². The van der Waals surface area contributed by atoms with Crippen molar-refractivity contribution in [2.75, 3.05) is 0 Å². The number of nitrogens with one attached hydrogen (secondary N) is 1. The van der Waals surface area contributed by atoms with Crippen molar-refractivity contribution >= 4 is 11.6 Å². The maximum absolute atomic E-state index is 13.8. The number of halogens is 2. The highest BCUT2D eigenvalue weighted by molar-refractivity contribution is 6.31. The van der Waals surface area contributed by atoms with Gasteiger partial charge in [-0.25, -0.2) is 4.39 Å². The SMILES string of the molecule is Cc1cc(C(Cc2c(F)cccc2Cl)NN)nn1C. The molecule has 1 heterocycles. The summed E-state index contributed by atoms with van der Waals surface area (Å²) in [5.74, 6) is 5.21. The summed E-state index contributed by atoms with van der Waals surface area (Å²) in [6.07, 6.45) is 0.346. The fourth-order valence-corrected chi connectivity index (χ4v) is 2.18. The quantitative estimate of drug-likeness (QED) is 0.668. The largest absolute Gasteiger partial charge is 0.273 e. The van der Waals surface area contributed by atoms with Crippen LogP contribution in [0.3, 0.4) is 0 Å². The number of rotatable bonds is 4. The third kappa shape index (κ3) is 2.94. The van der Waals surface area contributed by atoms with Crippen LogP contribution in [0.25, 0.3) is 0 Å². The number of aryl methyl sites for hydroxylation is 2.